The summed E-state index contributed by atoms with van der Waals surface area (Å²) in [6, 6.07) is 0.303. The molecule has 1 aromatic rings. The minimum Gasteiger partial charge on any atom is -0.327 e. The molecule has 6 heteroatoms. The highest BCUT2D eigenvalue weighted by molar-refractivity contribution is 7.15. The molecule has 0 spiro atoms. The maximum Gasteiger partial charge on any atom is 0.229 e. The van der Waals surface area contributed by atoms with Crippen LogP contribution in [0.15, 0.2) is 0 Å². The standard InChI is InChI=1S/C16H26N4OS/c1-9(2)6-13-19-20-16(22-13)18-15(21)12-7-10-4-3-5-11(8-12)14(10)17/h9-12,14H,3-8,17H2,1-2H3,(H,18,20,21). The molecule has 0 aromatic carbocycles. The zero-order valence-electron chi connectivity index (χ0n) is 13.4. The Labute approximate surface area is 136 Å². The summed E-state index contributed by atoms with van der Waals surface area (Å²) in [5.74, 6) is 1.79. The molecule has 0 aliphatic heterocycles. The zero-order chi connectivity index (χ0) is 15.7. The van der Waals surface area contributed by atoms with Crippen LogP contribution in [0, 0.1) is 23.7 Å². The molecule has 5 nitrogen and oxygen atoms in total. The van der Waals surface area contributed by atoms with Gasteiger partial charge in [-0.1, -0.05) is 31.6 Å². The van der Waals surface area contributed by atoms with Crippen molar-refractivity contribution in [2.45, 2.75) is 58.4 Å². The third kappa shape index (κ3) is 3.49. The number of nitrogens with two attached hydrogens (primary N) is 1. The second kappa shape index (κ2) is 6.62. The summed E-state index contributed by atoms with van der Waals surface area (Å²) >= 11 is 1.50. The van der Waals surface area contributed by atoms with Crippen LogP contribution in [-0.2, 0) is 11.2 Å². The van der Waals surface area contributed by atoms with Crippen LogP contribution in [0.5, 0.6) is 0 Å². The molecule has 1 aromatic heterocycles. The Balaban J connectivity index is 1.59. The van der Waals surface area contributed by atoms with Crippen molar-refractivity contribution in [1.29, 1.82) is 0 Å². The van der Waals surface area contributed by atoms with E-state index in [1.807, 2.05) is 0 Å². The maximum atomic E-state index is 12.5. The van der Waals surface area contributed by atoms with E-state index < -0.39 is 0 Å². The first-order chi connectivity index (χ1) is 10.5. The minimum absolute atomic E-state index is 0.0903. The van der Waals surface area contributed by atoms with Crippen molar-refractivity contribution in [3.63, 3.8) is 0 Å². The average molecular weight is 322 g/mol. The van der Waals surface area contributed by atoms with Gasteiger partial charge < -0.3 is 11.1 Å². The highest BCUT2D eigenvalue weighted by Crippen LogP contribution is 2.42. The lowest BCUT2D eigenvalue weighted by Crippen LogP contribution is -2.48. The van der Waals surface area contributed by atoms with E-state index >= 15 is 0 Å². The van der Waals surface area contributed by atoms with Gasteiger partial charge in [0, 0.05) is 18.4 Å². The number of rotatable bonds is 4. The largest absolute Gasteiger partial charge is 0.327 e. The van der Waals surface area contributed by atoms with Crippen molar-refractivity contribution in [3.8, 4) is 0 Å². The Morgan fingerprint density at radius 3 is 2.64 bits per heavy atom. The number of hydrogen-bond acceptors (Lipinski definition) is 5. The van der Waals surface area contributed by atoms with E-state index in [4.69, 9.17) is 5.73 Å². The number of aromatic nitrogens is 2. The van der Waals surface area contributed by atoms with E-state index in [9.17, 15) is 4.79 Å². The van der Waals surface area contributed by atoms with Crippen LogP contribution in [-0.4, -0.2) is 22.1 Å². The average Bonchev–Trinajstić information content (AvgIpc) is 2.84. The van der Waals surface area contributed by atoms with Crippen LogP contribution in [0.2, 0.25) is 0 Å². The molecule has 2 fully saturated rings. The fourth-order valence-corrected chi connectivity index (χ4v) is 4.90. The fourth-order valence-electron chi connectivity index (χ4n) is 3.95. The summed E-state index contributed by atoms with van der Waals surface area (Å²) < 4.78 is 0. The Kier molecular flexibility index (Phi) is 4.78. The molecule has 2 bridgehead atoms. The molecular formula is C16H26N4OS. The lowest BCUT2D eigenvalue weighted by molar-refractivity contribution is -0.122. The Hall–Kier alpha value is -1.01. The van der Waals surface area contributed by atoms with Crippen LogP contribution in [0.1, 0.15) is 51.0 Å². The Morgan fingerprint density at radius 1 is 1.32 bits per heavy atom. The maximum absolute atomic E-state index is 12.5. The highest BCUT2D eigenvalue weighted by Gasteiger charge is 2.40. The van der Waals surface area contributed by atoms with Gasteiger partial charge in [0.15, 0.2) is 0 Å². The van der Waals surface area contributed by atoms with E-state index in [-0.39, 0.29) is 11.8 Å². The SMILES string of the molecule is CC(C)Cc1nnc(NC(=O)C2CC3CCCC(C2)C3N)s1. The second-order valence-corrected chi connectivity index (χ2v) is 8.35. The van der Waals surface area contributed by atoms with Crippen LogP contribution >= 0.6 is 11.3 Å². The molecule has 3 rings (SSSR count). The topological polar surface area (TPSA) is 80.9 Å². The number of anilines is 1. The zero-order valence-corrected chi connectivity index (χ0v) is 14.2. The van der Waals surface area contributed by atoms with Gasteiger partial charge in [0.05, 0.1) is 0 Å². The molecule has 0 radical (unpaired) electrons. The number of nitrogens with one attached hydrogen (secondary N) is 1. The number of hydrogen-bond donors (Lipinski definition) is 2. The normalized spacial score (nSPS) is 31.3. The number of carbonyl (C=O) groups excluding carboxylic acids is 1. The van der Waals surface area contributed by atoms with E-state index in [0.29, 0.717) is 28.9 Å². The Morgan fingerprint density at radius 2 is 2.00 bits per heavy atom. The van der Waals surface area contributed by atoms with Crippen LogP contribution in [0.3, 0.4) is 0 Å². The summed E-state index contributed by atoms with van der Waals surface area (Å²) in [6.07, 6.45) is 6.40. The molecule has 1 heterocycles. The summed E-state index contributed by atoms with van der Waals surface area (Å²) in [6.45, 7) is 4.31. The molecule has 2 unspecified atom stereocenters. The van der Waals surface area contributed by atoms with Gasteiger partial charge in [0.1, 0.15) is 5.01 Å². The molecule has 3 N–H and O–H groups in total. The van der Waals surface area contributed by atoms with Crippen molar-refractivity contribution in [2.24, 2.45) is 29.4 Å². The number of carbonyl (C=O) groups is 1. The molecular weight excluding hydrogens is 296 g/mol. The molecule has 2 aliphatic carbocycles. The monoisotopic (exact) mass is 322 g/mol. The summed E-state index contributed by atoms with van der Waals surface area (Å²) in [5.41, 5.74) is 6.30. The first-order valence-corrected chi connectivity index (χ1v) is 9.23. The van der Waals surface area contributed by atoms with Gasteiger partial charge in [0.2, 0.25) is 11.0 Å². The predicted molar refractivity (Wildman–Crippen MR) is 88.6 cm³/mol. The highest BCUT2D eigenvalue weighted by atomic mass is 32.1. The van der Waals surface area contributed by atoms with Gasteiger partial charge in [-0.2, -0.15) is 0 Å². The molecule has 2 saturated carbocycles. The predicted octanol–water partition coefficient (Wildman–Crippen LogP) is 2.83. The summed E-state index contributed by atoms with van der Waals surface area (Å²) in [4.78, 5) is 12.5. The van der Waals surface area contributed by atoms with Crippen molar-refractivity contribution in [2.75, 3.05) is 5.32 Å². The first kappa shape index (κ1) is 15.9. The van der Waals surface area contributed by atoms with E-state index in [1.54, 1.807) is 0 Å². The Bertz CT molecular complexity index is 516. The lowest BCUT2D eigenvalue weighted by atomic mass is 9.65. The van der Waals surface area contributed by atoms with E-state index in [1.165, 1.54) is 30.6 Å². The second-order valence-electron chi connectivity index (χ2n) is 7.28. The quantitative estimate of drug-likeness (QED) is 0.893. The van der Waals surface area contributed by atoms with Gasteiger partial charge >= 0.3 is 0 Å². The van der Waals surface area contributed by atoms with Crippen molar-refractivity contribution in [3.05, 3.63) is 5.01 Å². The van der Waals surface area contributed by atoms with Gasteiger partial charge in [-0.05, 0) is 43.4 Å². The van der Waals surface area contributed by atoms with E-state index in [0.717, 1.165) is 24.3 Å². The molecule has 2 aliphatic rings. The van der Waals surface area contributed by atoms with Crippen LogP contribution in [0.25, 0.3) is 0 Å². The lowest BCUT2D eigenvalue weighted by Gasteiger charge is -2.43. The van der Waals surface area contributed by atoms with Crippen molar-refractivity contribution < 1.29 is 4.79 Å². The van der Waals surface area contributed by atoms with Gasteiger partial charge in [0.25, 0.3) is 0 Å². The van der Waals surface area contributed by atoms with Gasteiger partial charge in [-0.15, -0.1) is 10.2 Å². The molecule has 2 atom stereocenters. The van der Waals surface area contributed by atoms with Gasteiger partial charge in [-0.3, -0.25) is 4.79 Å². The number of nitrogens with zero attached hydrogens (tertiary/aromatic N) is 2. The molecule has 22 heavy (non-hydrogen) atoms. The number of amides is 1. The minimum atomic E-state index is 0.0903. The van der Waals surface area contributed by atoms with Crippen molar-refractivity contribution >= 4 is 22.4 Å². The summed E-state index contributed by atoms with van der Waals surface area (Å²) in [7, 11) is 0. The third-order valence-corrected chi connectivity index (χ3v) is 5.92. The van der Waals surface area contributed by atoms with Gasteiger partial charge in [-0.25, -0.2) is 0 Å². The smallest absolute Gasteiger partial charge is 0.229 e. The third-order valence-electron chi connectivity index (χ3n) is 5.06. The fraction of sp³-hybridized carbons (Fsp3) is 0.812. The summed E-state index contributed by atoms with van der Waals surface area (Å²) in [5, 5.41) is 12.9. The number of fused-ring (bicyclic) bond motifs is 2. The van der Waals surface area contributed by atoms with Crippen LogP contribution < -0.4 is 11.1 Å². The van der Waals surface area contributed by atoms with E-state index in [2.05, 4.69) is 29.4 Å². The first-order valence-electron chi connectivity index (χ1n) is 8.41. The van der Waals surface area contributed by atoms with Crippen molar-refractivity contribution in [1.82, 2.24) is 10.2 Å². The molecule has 0 saturated heterocycles. The molecule has 122 valence electrons. The molecule has 1 amide bonds. The van der Waals surface area contributed by atoms with Crippen LogP contribution in [0.4, 0.5) is 5.13 Å².